The highest BCUT2D eigenvalue weighted by atomic mass is 16.4. The molecule has 4 nitrogen and oxygen atoms in total. The molecule has 13 heavy (non-hydrogen) atoms. The van der Waals surface area contributed by atoms with Crippen LogP contribution in [0.4, 0.5) is 0 Å². The van der Waals surface area contributed by atoms with Crippen molar-refractivity contribution in [2.45, 2.75) is 26.7 Å². The van der Waals surface area contributed by atoms with Crippen molar-refractivity contribution in [1.82, 2.24) is 5.32 Å². The Morgan fingerprint density at radius 3 is 2.85 bits per heavy atom. The van der Waals surface area contributed by atoms with Gasteiger partial charge in [-0.25, -0.2) is 0 Å². The summed E-state index contributed by atoms with van der Waals surface area (Å²) in [5.74, 6) is -1.04. The maximum Gasteiger partial charge on any atom is 0.309 e. The number of carbonyl (C=O) groups is 2. The molecular weight excluding hydrogens is 170 g/mol. The maximum absolute atomic E-state index is 11.2. The van der Waals surface area contributed by atoms with Crippen LogP contribution in [0.3, 0.4) is 0 Å². The number of aliphatic carboxylic acids is 1. The molecule has 0 aromatic carbocycles. The number of hydrogen-bond acceptors (Lipinski definition) is 2. The van der Waals surface area contributed by atoms with Crippen LogP contribution >= 0.6 is 0 Å². The molecule has 2 N–H and O–H groups in total. The lowest BCUT2D eigenvalue weighted by Crippen LogP contribution is -2.34. The number of carboxylic acid groups (broad SMARTS) is 1. The molecule has 0 saturated carbocycles. The van der Waals surface area contributed by atoms with Gasteiger partial charge in [0, 0.05) is 11.6 Å². The van der Waals surface area contributed by atoms with E-state index < -0.39 is 5.97 Å². The molecule has 0 spiro atoms. The molecule has 0 radical (unpaired) electrons. The van der Waals surface area contributed by atoms with Crippen LogP contribution in [0.5, 0.6) is 0 Å². The molecule has 0 fully saturated rings. The Balaban J connectivity index is 2.77. The smallest absolute Gasteiger partial charge is 0.309 e. The van der Waals surface area contributed by atoms with Crippen molar-refractivity contribution < 1.29 is 14.7 Å². The van der Waals surface area contributed by atoms with Gasteiger partial charge in [-0.15, -0.1) is 0 Å². The number of hydrogen-bond donors (Lipinski definition) is 2. The number of nitrogens with one attached hydrogen (secondary N) is 1. The highest BCUT2D eigenvalue weighted by molar-refractivity contribution is 5.83. The number of carboxylic acids is 1. The van der Waals surface area contributed by atoms with Gasteiger partial charge in [-0.05, 0) is 13.3 Å². The lowest BCUT2D eigenvalue weighted by Gasteiger charge is -2.22. The summed E-state index contributed by atoms with van der Waals surface area (Å²) in [4.78, 5) is 21.6. The zero-order chi connectivity index (χ0) is 10.0. The molecule has 0 saturated heterocycles. The second kappa shape index (κ2) is 3.60. The topological polar surface area (TPSA) is 66.4 Å². The quantitative estimate of drug-likeness (QED) is 0.668. The monoisotopic (exact) mass is 183 g/mol. The normalized spacial score (nSPS) is 22.9. The fourth-order valence-corrected chi connectivity index (χ4v) is 1.40. The molecule has 0 aromatic heterocycles. The van der Waals surface area contributed by atoms with E-state index in [1.807, 2.05) is 13.8 Å². The van der Waals surface area contributed by atoms with Gasteiger partial charge in [-0.3, -0.25) is 9.59 Å². The van der Waals surface area contributed by atoms with Gasteiger partial charge in [-0.2, -0.15) is 0 Å². The van der Waals surface area contributed by atoms with Gasteiger partial charge < -0.3 is 10.4 Å². The van der Waals surface area contributed by atoms with Crippen molar-refractivity contribution >= 4 is 11.9 Å². The first-order valence-electron chi connectivity index (χ1n) is 4.22. The van der Waals surface area contributed by atoms with Gasteiger partial charge in [0.15, 0.2) is 0 Å². The summed E-state index contributed by atoms with van der Waals surface area (Å²) < 4.78 is 0. The molecule has 4 heteroatoms. The zero-order valence-electron chi connectivity index (χ0n) is 7.76. The van der Waals surface area contributed by atoms with Crippen LogP contribution in [0, 0.1) is 5.92 Å². The standard InChI is InChI=1S/C9H13NO3/c1-5-3-6(2)9(13)10-7(5)4-8(11)12/h6H,3-4H2,1-2H3,(H,10,13)(H,11,12). The van der Waals surface area contributed by atoms with E-state index in [-0.39, 0.29) is 18.2 Å². The summed E-state index contributed by atoms with van der Waals surface area (Å²) in [6.45, 7) is 3.69. The molecule has 1 aliphatic rings. The Kier molecular flexibility index (Phi) is 2.70. The molecule has 1 unspecified atom stereocenters. The van der Waals surface area contributed by atoms with E-state index >= 15 is 0 Å². The predicted molar refractivity (Wildman–Crippen MR) is 46.9 cm³/mol. The molecule has 0 aromatic rings. The molecule has 72 valence electrons. The second-order valence-electron chi connectivity index (χ2n) is 3.42. The molecular formula is C9H13NO3. The van der Waals surface area contributed by atoms with Crippen molar-refractivity contribution in [3.63, 3.8) is 0 Å². The van der Waals surface area contributed by atoms with Crippen molar-refractivity contribution in [2.75, 3.05) is 0 Å². The number of rotatable bonds is 2. The molecule has 0 aliphatic carbocycles. The molecule has 1 amide bonds. The molecule has 1 aliphatic heterocycles. The van der Waals surface area contributed by atoms with Crippen LogP contribution in [-0.4, -0.2) is 17.0 Å². The minimum absolute atomic E-state index is 0.0439. The van der Waals surface area contributed by atoms with Crippen LogP contribution in [0.25, 0.3) is 0 Å². The third-order valence-corrected chi connectivity index (χ3v) is 2.18. The summed E-state index contributed by atoms with van der Waals surface area (Å²) in [7, 11) is 0. The molecule has 1 heterocycles. The van der Waals surface area contributed by atoms with Crippen LogP contribution in [-0.2, 0) is 9.59 Å². The average molecular weight is 183 g/mol. The SMILES string of the molecule is CC1=C(CC(=O)O)NC(=O)C(C)C1. The summed E-state index contributed by atoms with van der Waals surface area (Å²) in [5, 5.41) is 11.2. The van der Waals surface area contributed by atoms with E-state index in [1.165, 1.54) is 0 Å². The highest BCUT2D eigenvalue weighted by Gasteiger charge is 2.23. The fourth-order valence-electron chi connectivity index (χ4n) is 1.40. The van der Waals surface area contributed by atoms with Crippen LogP contribution < -0.4 is 5.32 Å². The van der Waals surface area contributed by atoms with E-state index in [9.17, 15) is 9.59 Å². The van der Waals surface area contributed by atoms with E-state index in [1.54, 1.807) is 0 Å². The van der Waals surface area contributed by atoms with Gasteiger partial charge in [0.1, 0.15) is 0 Å². The predicted octanol–water partition coefficient (Wildman–Crippen LogP) is 0.891. The fraction of sp³-hybridized carbons (Fsp3) is 0.556. The summed E-state index contributed by atoms with van der Waals surface area (Å²) in [6.07, 6.45) is 0.568. The third kappa shape index (κ3) is 2.31. The summed E-state index contributed by atoms with van der Waals surface area (Å²) in [5.41, 5.74) is 1.52. The number of amides is 1. The van der Waals surface area contributed by atoms with E-state index in [2.05, 4.69) is 5.32 Å². The first kappa shape index (κ1) is 9.77. The molecule has 1 rings (SSSR count). The summed E-state index contributed by atoms with van der Waals surface area (Å²) >= 11 is 0. The van der Waals surface area contributed by atoms with Crippen LogP contribution in [0.1, 0.15) is 26.7 Å². The van der Waals surface area contributed by atoms with Gasteiger partial charge in [0.2, 0.25) is 5.91 Å². The third-order valence-electron chi connectivity index (χ3n) is 2.18. The van der Waals surface area contributed by atoms with Gasteiger partial charge >= 0.3 is 5.97 Å². The van der Waals surface area contributed by atoms with Gasteiger partial charge in [0.05, 0.1) is 6.42 Å². The Hall–Kier alpha value is -1.32. The van der Waals surface area contributed by atoms with E-state index in [0.717, 1.165) is 5.57 Å². The van der Waals surface area contributed by atoms with Crippen LogP contribution in [0.15, 0.2) is 11.3 Å². The Labute approximate surface area is 76.6 Å². The first-order chi connectivity index (χ1) is 6.00. The Bertz CT molecular complexity index is 281. The zero-order valence-corrected chi connectivity index (χ0v) is 7.76. The van der Waals surface area contributed by atoms with Gasteiger partial charge in [-0.1, -0.05) is 12.5 Å². The van der Waals surface area contributed by atoms with Crippen LogP contribution in [0.2, 0.25) is 0 Å². The lowest BCUT2D eigenvalue weighted by atomic mass is 9.95. The Morgan fingerprint density at radius 2 is 2.31 bits per heavy atom. The largest absolute Gasteiger partial charge is 0.481 e. The number of carbonyl (C=O) groups excluding carboxylic acids is 1. The second-order valence-corrected chi connectivity index (χ2v) is 3.42. The van der Waals surface area contributed by atoms with E-state index in [4.69, 9.17) is 5.11 Å². The summed E-state index contributed by atoms with van der Waals surface area (Å²) in [6, 6.07) is 0. The minimum Gasteiger partial charge on any atom is -0.481 e. The maximum atomic E-state index is 11.2. The first-order valence-corrected chi connectivity index (χ1v) is 4.22. The van der Waals surface area contributed by atoms with Crippen molar-refractivity contribution in [2.24, 2.45) is 5.92 Å². The molecule has 1 atom stereocenters. The van der Waals surface area contributed by atoms with E-state index in [0.29, 0.717) is 12.1 Å². The Morgan fingerprint density at radius 1 is 1.69 bits per heavy atom. The molecule has 0 bridgehead atoms. The number of allylic oxidation sites excluding steroid dienone is 1. The van der Waals surface area contributed by atoms with Crippen molar-refractivity contribution in [3.8, 4) is 0 Å². The van der Waals surface area contributed by atoms with Crippen molar-refractivity contribution in [1.29, 1.82) is 0 Å². The minimum atomic E-state index is -0.913. The van der Waals surface area contributed by atoms with Gasteiger partial charge in [0.25, 0.3) is 0 Å². The lowest BCUT2D eigenvalue weighted by molar-refractivity contribution is -0.136. The average Bonchev–Trinajstić information content (AvgIpc) is 1.99. The van der Waals surface area contributed by atoms with Crippen molar-refractivity contribution in [3.05, 3.63) is 11.3 Å². The highest BCUT2D eigenvalue weighted by Crippen LogP contribution is 2.21.